The van der Waals surface area contributed by atoms with Crippen molar-refractivity contribution in [2.24, 2.45) is 11.8 Å². The lowest BCUT2D eigenvalue weighted by Gasteiger charge is -2.17. The summed E-state index contributed by atoms with van der Waals surface area (Å²) in [4.78, 5) is 14.4. The molecule has 1 N–H and O–H groups in total. The lowest BCUT2D eigenvalue weighted by atomic mass is 10.00. The van der Waals surface area contributed by atoms with E-state index in [-0.39, 0.29) is 11.9 Å². The number of benzene rings is 1. The maximum atomic E-state index is 12.2. The van der Waals surface area contributed by atoms with Gasteiger partial charge in [0.05, 0.1) is 24.3 Å². The van der Waals surface area contributed by atoms with E-state index >= 15 is 0 Å². The molecule has 20 heavy (non-hydrogen) atoms. The summed E-state index contributed by atoms with van der Waals surface area (Å²) < 4.78 is 0. The average molecular weight is 270 g/mol. The van der Waals surface area contributed by atoms with Crippen molar-refractivity contribution in [1.82, 2.24) is 4.90 Å². The smallest absolute Gasteiger partial charge is 0.176 e. The van der Waals surface area contributed by atoms with E-state index in [1.165, 1.54) is 0 Å². The number of hydrogen-bond donors (Lipinski definition) is 1. The molecule has 1 aromatic rings. The predicted molar refractivity (Wildman–Crippen MR) is 74.1 cm³/mol. The van der Waals surface area contributed by atoms with E-state index in [1.54, 1.807) is 24.3 Å². The van der Waals surface area contributed by atoms with Gasteiger partial charge in [-0.2, -0.15) is 5.26 Å². The molecule has 0 aromatic heterocycles. The number of fused-ring (bicyclic) bond motifs is 1. The highest BCUT2D eigenvalue weighted by molar-refractivity contribution is 5.97. The molecule has 4 heteroatoms. The Hall–Kier alpha value is -1.70. The van der Waals surface area contributed by atoms with Crippen molar-refractivity contribution in [2.75, 3.05) is 19.6 Å². The van der Waals surface area contributed by atoms with Gasteiger partial charge in [0.25, 0.3) is 0 Å². The highest BCUT2D eigenvalue weighted by Crippen LogP contribution is 2.37. The molecule has 1 aromatic carbocycles. The van der Waals surface area contributed by atoms with Gasteiger partial charge in [0.15, 0.2) is 5.78 Å². The minimum absolute atomic E-state index is 0.0870. The molecule has 3 atom stereocenters. The Bertz CT molecular complexity index is 547. The van der Waals surface area contributed by atoms with Gasteiger partial charge in [-0.25, -0.2) is 0 Å². The minimum atomic E-state index is -0.185. The fourth-order valence-electron chi connectivity index (χ4n) is 3.48. The van der Waals surface area contributed by atoms with Crippen LogP contribution in [0.15, 0.2) is 24.3 Å². The first-order chi connectivity index (χ1) is 9.67. The SMILES string of the molecule is N#Cc1ccc(C(=O)CN2CC3CCC(O)C3C2)cc1. The zero-order valence-electron chi connectivity index (χ0n) is 11.3. The number of ketones is 1. The van der Waals surface area contributed by atoms with Crippen LogP contribution in [0.2, 0.25) is 0 Å². The van der Waals surface area contributed by atoms with E-state index in [2.05, 4.69) is 4.90 Å². The van der Waals surface area contributed by atoms with Gasteiger partial charge < -0.3 is 5.11 Å². The van der Waals surface area contributed by atoms with Gasteiger partial charge in [-0.3, -0.25) is 9.69 Å². The summed E-state index contributed by atoms with van der Waals surface area (Å²) >= 11 is 0. The summed E-state index contributed by atoms with van der Waals surface area (Å²) in [5, 5.41) is 18.6. The Kier molecular flexibility index (Phi) is 3.56. The highest BCUT2D eigenvalue weighted by atomic mass is 16.3. The Morgan fingerprint density at radius 2 is 2.05 bits per heavy atom. The number of Topliss-reactive ketones (excluding diaryl/α,β-unsaturated/α-hetero) is 1. The third-order valence-electron chi connectivity index (χ3n) is 4.60. The van der Waals surface area contributed by atoms with E-state index in [0.29, 0.717) is 29.5 Å². The van der Waals surface area contributed by atoms with Crippen LogP contribution >= 0.6 is 0 Å². The predicted octanol–water partition coefficient (Wildman–Crippen LogP) is 1.44. The first kappa shape index (κ1) is 13.3. The molecule has 0 spiro atoms. The van der Waals surface area contributed by atoms with Crippen molar-refractivity contribution in [1.29, 1.82) is 5.26 Å². The van der Waals surface area contributed by atoms with Crippen LogP contribution in [0.1, 0.15) is 28.8 Å². The minimum Gasteiger partial charge on any atom is -0.393 e. The summed E-state index contributed by atoms with van der Waals surface area (Å²) in [5.41, 5.74) is 1.22. The van der Waals surface area contributed by atoms with Crippen molar-refractivity contribution in [3.05, 3.63) is 35.4 Å². The van der Waals surface area contributed by atoms with Crippen molar-refractivity contribution in [2.45, 2.75) is 18.9 Å². The van der Waals surface area contributed by atoms with Gasteiger partial charge in [-0.1, -0.05) is 12.1 Å². The molecule has 0 bridgehead atoms. The monoisotopic (exact) mass is 270 g/mol. The van der Waals surface area contributed by atoms with Crippen molar-refractivity contribution >= 4 is 5.78 Å². The number of rotatable bonds is 3. The summed E-state index contributed by atoms with van der Waals surface area (Å²) in [5.74, 6) is 0.992. The third-order valence-corrected chi connectivity index (χ3v) is 4.60. The maximum Gasteiger partial charge on any atom is 0.176 e. The standard InChI is InChI=1S/C16H18N2O2/c17-7-11-1-3-12(4-2-11)16(20)10-18-8-13-5-6-15(19)14(13)9-18/h1-4,13-15,19H,5-6,8-10H2. The van der Waals surface area contributed by atoms with Crippen LogP contribution in [-0.4, -0.2) is 41.5 Å². The van der Waals surface area contributed by atoms with Gasteiger partial charge in [-0.05, 0) is 30.9 Å². The number of aliphatic hydroxyl groups excluding tert-OH is 1. The molecule has 1 aliphatic carbocycles. The maximum absolute atomic E-state index is 12.2. The Morgan fingerprint density at radius 1 is 1.30 bits per heavy atom. The van der Waals surface area contributed by atoms with Gasteiger partial charge in [0, 0.05) is 24.6 Å². The molecule has 1 saturated heterocycles. The van der Waals surface area contributed by atoms with Crippen LogP contribution in [0.5, 0.6) is 0 Å². The lowest BCUT2D eigenvalue weighted by Crippen LogP contribution is -2.30. The van der Waals surface area contributed by atoms with Crippen molar-refractivity contribution in [3.8, 4) is 6.07 Å². The van der Waals surface area contributed by atoms with Crippen molar-refractivity contribution in [3.63, 3.8) is 0 Å². The number of hydrogen-bond acceptors (Lipinski definition) is 4. The second-order valence-corrected chi connectivity index (χ2v) is 5.88. The van der Waals surface area contributed by atoms with Gasteiger partial charge >= 0.3 is 0 Å². The van der Waals surface area contributed by atoms with E-state index in [4.69, 9.17) is 5.26 Å². The van der Waals surface area contributed by atoms with Gasteiger partial charge in [-0.15, -0.1) is 0 Å². The molecule has 4 nitrogen and oxygen atoms in total. The summed E-state index contributed by atoms with van der Waals surface area (Å²) in [6.07, 6.45) is 1.80. The third kappa shape index (κ3) is 2.47. The van der Waals surface area contributed by atoms with Crippen LogP contribution in [0.4, 0.5) is 0 Å². The highest BCUT2D eigenvalue weighted by Gasteiger charge is 2.41. The van der Waals surface area contributed by atoms with Crippen LogP contribution in [-0.2, 0) is 0 Å². The van der Waals surface area contributed by atoms with Crippen LogP contribution < -0.4 is 0 Å². The fraction of sp³-hybridized carbons (Fsp3) is 0.500. The fourth-order valence-corrected chi connectivity index (χ4v) is 3.48. The van der Waals surface area contributed by atoms with Gasteiger partial charge in [0.2, 0.25) is 0 Å². The molecule has 0 radical (unpaired) electrons. The molecule has 1 heterocycles. The largest absolute Gasteiger partial charge is 0.393 e. The number of carbonyl (C=O) groups excluding carboxylic acids is 1. The summed E-state index contributed by atoms with van der Waals surface area (Å²) in [6, 6.07) is 8.83. The van der Waals surface area contributed by atoms with Crippen LogP contribution in [0.25, 0.3) is 0 Å². The second-order valence-electron chi connectivity index (χ2n) is 5.88. The van der Waals surface area contributed by atoms with E-state index in [1.807, 2.05) is 6.07 Å². The van der Waals surface area contributed by atoms with Crippen molar-refractivity contribution < 1.29 is 9.90 Å². The molecule has 2 aliphatic rings. The number of likely N-dealkylation sites (tertiary alicyclic amines) is 1. The molecule has 0 amide bonds. The van der Waals surface area contributed by atoms with E-state index < -0.39 is 0 Å². The molecular formula is C16H18N2O2. The first-order valence-electron chi connectivity index (χ1n) is 7.11. The zero-order valence-corrected chi connectivity index (χ0v) is 11.3. The summed E-state index contributed by atoms with van der Waals surface area (Å²) in [6.45, 7) is 2.16. The molecule has 104 valence electrons. The average Bonchev–Trinajstić information content (AvgIpc) is 3.01. The second kappa shape index (κ2) is 5.35. The molecule has 1 aliphatic heterocycles. The lowest BCUT2D eigenvalue weighted by molar-refractivity contribution is 0.0920. The summed E-state index contributed by atoms with van der Waals surface area (Å²) in [7, 11) is 0. The number of aliphatic hydroxyl groups is 1. The first-order valence-corrected chi connectivity index (χ1v) is 7.11. The topological polar surface area (TPSA) is 64.3 Å². The zero-order chi connectivity index (χ0) is 14.1. The van der Waals surface area contributed by atoms with Gasteiger partial charge in [0.1, 0.15) is 0 Å². The van der Waals surface area contributed by atoms with E-state index in [0.717, 1.165) is 25.9 Å². The molecule has 3 unspecified atom stereocenters. The number of nitriles is 1. The Labute approximate surface area is 118 Å². The van der Waals surface area contributed by atoms with E-state index in [9.17, 15) is 9.90 Å². The Balaban J connectivity index is 1.61. The number of carbonyl (C=O) groups is 1. The quantitative estimate of drug-likeness (QED) is 0.844. The molecule has 2 fully saturated rings. The van der Waals surface area contributed by atoms with Crippen LogP contribution in [0.3, 0.4) is 0 Å². The van der Waals surface area contributed by atoms with Crippen LogP contribution in [0, 0.1) is 23.2 Å². The normalized spacial score (nSPS) is 29.1. The number of nitrogens with zero attached hydrogens (tertiary/aromatic N) is 2. The molecular weight excluding hydrogens is 252 g/mol. The Morgan fingerprint density at radius 3 is 2.70 bits per heavy atom. The molecule has 1 saturated carbocycles. The molecule has 3 rings (SSSR count).